The van der Waals surface area contributed by atoms with Crippen molar-refractivity contribution in [2.24, 2.45) is 11.3 Å². The third-order valence-corrected chi connectivity index (χ3v) is 13.7. The summed E-state index contributed by atoms with van der Waals surface area (Å²) in [5.74, 6) is -0.320. The lowest BCUT2D eigenvalue weighted by Gasteiger charge is -2.40. The first-order chi connectivity index (χ1) is 21.6. The summed E-state index contributed by atoms with van der Waals surface area (Å²) in [6.45, 7) is 25.2. The van der Waals surface area contributed by atoms with Crippen LogP contribution in [-0.2, 0) is 15.7 Å². The third kappa shape index (κ3) is 9.30. The van der Waals surface area contributed by atoms with Crippen molar-refractivity contribution in [2.45, 2.75) is 105 Å². The molecule has 10 heteroatoms. The molecular formula is C37H54F2N4O3Si. The molecule has 1 amide bonds. The lowest BCUT2D eigenvalue weighted by Crippen LogP contribution is -2.47. The molecule has 2 heterocycles. The number of hydrogen-bond donors (Lipinski definition) is 1. The van der Waals surface area contributed by atoms with E-state index in [9.17, 15) is 13.6 Å². The van der Waals surface area contributed by atoms with Crippen molar-refractivity contribution in [2.75, 3.05) is 19.6 Å². The molecule has 1 saturated heterocycles. The highest BCUT2D eigenvalue weighted by molar-refractivity contribution is 6.74. The number of nitrogens with one attached hydrogen (secondary N) is 1. The molecule has 0 unspecified atom stereocenters. The van der Waals surface area contributed by atoms with Crippen molar-refractivity contribution in [1.82, 2.24) is 19.8 Å². The number of imidazole rings is 1. The summed E-state index contributed by atoms with van der Waals surface area (Å²) in [6, 6.07) is 13.2. The highest BCUT2D eigenvalue weighted by atomic mass is 28.4. The number of ether oxygens (including phenoxy) is 1. The van der Waals surface area contributed by atoms with Crippen LogP contribution in [0.4, 0.5) is 13.6 Å². The van der Waals surface area contributed by atoms with Crippen molar-refractivity contribution < 1.29 is 22.7 Å². The van der Waals surface area contributed by atoms with E-state index in [-0.39, 0.29) is 40.2 Å². The van der Waals surface area contributed by atoms with Gasteiger partial charge in [-0.05, 0) is 68.1 Å². The Morgan fingerprint density at radius 2 is 1.66 bits per heavy atom. The Kier molecular flexibility index (Phi) is 10.8. The second-order valence-electron chi connectivity index (χ2n) is 16.5. The summed E-state index contributed by atoms with van der Waals surface area (Å²) in [4.78, 5) is 19.9. The van der Waals surface area contributed by atoms with Gasteiger partial charge in [0.05, 0.1) is 17.8 Å². The summed E-state index contributed by atoms with van der Waals surface area (Å²) in [5.41, 5.74) is 0.653. The molecule has 0 aliphatic carbocycles. The number of aromatic nitrogens is 2. The summed E-state index contributed by atoms with van der Waals surface area (Å²) < 4.78 is 44.0. The molecule has 0 radical (unpaired) electrons. The summed E-state index contributed by atoms with van der Waals surface area (Å²) >= 11 is 0. The van der Waals surface area contributed by atoms with Crippen LogP contribution >= 0.6 is 0 Å². The molecule has 2 aromatic carbocycles. The maximum absolute atomic E-state index is 15.0. The van der Waals surface area contributed by atoms with Crippen LogP contribution in [0.25, 0.3) is 11.3 Å². The lowest BCUT2D eigenvalue weighted by molar-refractivity contribution is 0.0272. The topological polar surface area (TPSA) is 68.6 Å². The van der Waals surface area contributed by atoms with E-state index in [0.29, 0.717) is 31.9 Å². The normalized spacial score (nSPS) is 18.4. The Balaban J connectivity index is 1.69. The Morgan fingerprint density at radius 3 is 2.26 bits per heavy atom. The first kappa shape index (κ1) is 36.7. The van der Waals surface area contributed by atoms with Gasteiger partial charge in [0.15, 0.2) is 8.32 Å². The minimum atomic E-state index is -2.17. The van der Waals surface area contributed by atoms with Crippen molar-refractivity contribution in [3.63, 3.8) is 0 Å². The smallest absolute Gasteiger partial charge is 0.410 e. The number of amides is 1. The van der Waals surface area contributed by atoms with Crippen molar-refractivity contribution in [3.05, 3.63) is 77.8 Å². The summed E-state index contributed by atoms with van der Waals surface area (Å²) in [5, 5.41) is 3.81. The second-order valence-corrected chi connectivity index (χ2v) is 21.2. The van der Waals surface area contributed by atoms with Crippen LogP contribution in [0, 0.1) is 23.0 Å². The fraction of sp³-hybridized carbons (Fsp3) is 0.568. The number of likely N-dealkylation sites (tertiary alicyclic amines) is 1. The SMILES string of the molecule is CC(C)(C)OC(=O)N1C[C@@H](CN[C@@H](c2nc(-c3cc(F)ccc3F)cn2Cc2ccccc2)C(C)(C)C)[C@H](O[Si](C)(C)C(C)(C)C)C1. The molecule has 258 valence electrons. The number of hydrogen-bond acceptors (Lipinski definition) is 5. The number of carbonyl (C=O) groups excluding carboxylic acids is 1. The molecule has 1 N–H and O–H groups in total. The van der Waals surface area contributed by atoms with Gasteiger partial charge in [0.2, 0.25) is 0 Å². The molecule has 0 saturated carbocycles. The molecule has 1 aliphatic heterocycles. The van der Waals surface area contributed by atoms with Crippen LogP contribution < -0.4 is 5.32 Å². The number of carbonyl (C=O) groups is 1. The highest BCUT2D eigenvalue weighted by Crippen LogP contribution is 2.40. The highest BCUT2D eigenvalue weighted by Gasteiger charge is 2.45. The number of benzene rings is 2. The zero-order chi connectivity index (χ0) is 34.9. The number of nitrogens with zero attached hydrogens (tertiary/aromatic N) is 3. The van der Waals surface area contributed by atoms with Crippen LogP contribution in [0.2, 0.25) is 18.1 Å². The average Bonchev–Trinajstić information content (AvgIpc) is 3.52. The van der Waals surface area contributed by atoms with Gasteiger partial charge in [0.25, 0.3) is 0 Å². The van der Waals surface area contributed by atoms with Crippen LogP contribution in [0.3, 0.4) is 0 Å². The molecule has 3 atom stereocenters. The van der Waals surface area contributed by atoms with E-state index < -0.39 is 25.6 Å². The fourth-order valence-corrected chi connectivity index (χ4v) is 7.02. The molecule has 0 bridgehead atoms. The van der Waals surface area contributed by atoms with E-state index >= 15 is 0 Å². The van der Waals surface area contributed by atoms with Gasteiger partial charge in [-0.15, -0.1) is 0 Å². The zero-order valence-electron chi connectivity index (χ0n) is 30.1. The van der Waals surface area contributed by atoms with Gasteiger partial charge in [-0.25, -0.2) is 18.6 Å². The predicted octanol–water partition coefficient (Wildman–Crippen LogP) is 8.81. The summed E-state index contributed by atoms with van der Waals surface area (Å²) in [7, 11) is -2.17. The van der Waals surface area contributed by atoms with E-state index in [4.69, 9.17) is 14.1 Å². The maximum atomic E-state index is 15.0. The van der Waals surface area contributed by atoms with Gasteiger partial charge in [-0.1, -0.05) is 71.9 Å². The minimum absolute atomic E-state index is 0.000775. The number of rotatable bonds is 9. The average molecular weight is 669 g/mol. The molecule has 1 aliphatic rings. The summed E-state index contributed by atoms with van der Waals surface area (Å²) in [6.07, 6.45) is 1.30. The number of halogens is 2. The Morgan fingerprint density at radius 1 is 1.00 bits per heavy atom. The molecule has 0 spiro atoms. The first-order valence-corrected chi connectivity index (χ1v) is 19.5. The largest absolute Gasteiger partial charge is 0.444 e. The van der Waals surface area contributed by atoms with E-state index in [1.54, 1.807) is 4.90 Å². The van der Waals surface area contributed by atoms with Gasteiger partial charge < -0.3 is 23.9 Å². The van der Waals surface area contributed by atoms with E-state index in [2.05, 4.69) is 60.0 Å². The third-order valence-electron chi connectivity index (χ3n) is 9.20. The van der Waals surface area contributed by atoms with Crippen LogP contribution in [0.5, 0.6) is 0 Å². The predicted molar refractivity (Wildman–Crippen MR) is 187 cm³/mol. The molecule has 4 rings (SSSR count). The molecule has 7 nitrogen and oxygen atoms in total. The van der Waals surface area contributed by atoms with Gasteiger partial charge >= 0.3 is 6.09 Å². The second kappa shape index (κ2) is 13.8. The molecule has 1 aromatic heterocycles. The zero-order valence-corrected chi connectivity index (χ0v) is 31.1. The van der Waals surface area contributed by atoms with Gasteiger partial charge in [0, 0.05) is 43.9 Å². The van der Waals surface area contributed by atoms with E-state index in [0.717, 1.165) is 23.5 Å². The quantitative estimate of drug-likeness (QED) is 0.231. The van der Waals surface area contributed by atoms with E-state index in [1.807, 2.05) is 61.9 Å². The van der Waals surface area contributed by atoms with Crippen molar-refractivity contribution in [1.29, 1.82) is 0 Å². The molecule has 47 heavy (non-hydrogen) atoms. The Bertz CT molecular complexity index is 1520. The fourth-order valence-electron chi connectivity index (χ4n) is 5.65. The van der Waals surface area contributed by atoms with Gasteiger partial charge in [-0.2, -0.15) is 0 Å². The van der Waals surface area contributed by atoms with Crippen molar-refractivity contribution >= 4 is 14.4 Å². The van der Waals surface area contributed by atoms with Crippen LogP contribution in [0.1, 0.15) is 79.7 Å². The molecular weight excluding hydrogens is 615 g/mol. The van der Waals surface area contributed by atoms with Crippen LogP contribution in [-0.4, -0.2) is 60.2 Å². The van der Waals surface area contributed by atoms with Crippen molar-refractivity contribution in [3.8, 4) is 11.3 Å². The van der Waals surface area contributed by atoms with E-state index in [1.165, 1.54) is 6.07 Å². The minimum Gasteiger partial charge on any atom is -0.444 e. The molecule has 1 fully saturated rings. The lowest BCUT2D eigenvalue weighted by atomic mass is 9.85. The van der Waals surface area contributed by atoms with Gasteiger partial charge in [0.1, 0.15) is 23.1 Å². The van der Waals surface area contributed by atoms with Crippen LogP contribution in [0.15, 0.2) is 54.7 Å². The monoisotopic (exact) mass is 668 g/mol. The Hall–Kier alpha value is -3.08. The van der Waals surface area contributed by atoms with Gasteiger partial charge in [-0.3, -0.25) is 0 Å². The standard InChI is InChI=1S/C37H54F2N4O3Si/c1-35(2,3)32(33-41-30(28-19-27(38)17-18-29(28)39)23-42(33)21-25-15-13-12-14-16-25)40-20-26-22-43(34(44)45-36(4,5)6)24-31(26)46-47(10,11)37(7,8)9/h12-19,23,26,31-32,40H,20-22,24H2,1-11H3/t26-,31-,32+/m1/s1. The first-order valence-electron chi connectivity index (χ1n) is 16.6. The maximum Gasteiger partial charge on any atom is 0.410 e. The molecule has 3 aromatic rings. The Labute approximate surface area is 281 Å².